The zero-order valence-electron chi connectivity index (χ0n) is 24.7. The van der Waals surface area contributed by atoms with Crippen LogP contribution in [0, 0.1) is 0 Å². The lowest BCUT2D eigenvalue weighted by Crippen LogP contribution is -2.25. The average molecular weight is 555 g/mol. The summed E-state index contributed by atoms with van der Waals surface area (Å²) in [5.41, 5.74) is 3.79. The van der Waals surface area contributed by atoms with Crippen LogP contribution in [0.15, 0.2) is 79.0 Å². The fraction of sp³-hybridized carbons (Fsp3) is 0.353. The molecule has 1 heterocycles. The van der Waals surface area contributed by atoms with Gasteiger partial charge in [0.05, 0.1) is 12.3 Å². The third-order valence-corrected chi connectivity index (χ3v) is 6.99. The summed E-state index contributed by atoms with van der Waals surface area (Å²) >= 11 is 0. The molecule has 0 unspecified atom stereocenters. The van der Waals surface area contributed by atoms with Crippen molar-refractivity contribution in [3.8, 4) is 34.2 Å². The summed E-state index contributed by atoms with van der Waals surface area (Å²) in [6.45, 7) is 12.0. The number of carbonyl (C=O) groups excluding carboxylic acids is 1. The quantitative estimate of drug-likeness (QED) is 0.152. The average Bonchev–Trinajstić information content (AvgIpc) is 3.42. The second-order valence-electron chi connectivity index (χ2n) is 10.1. The maximum atomic E-state index is 11.2. The van der Waals surface area contributed by atoms with Crippen molar-refractivity contribution in [1.29, 1.82) is 0 Å². The topological polar surface area (TPSA) is 68.6 Å². The minimum Gasteiger partial charge on any atom is -0.494 e. The minimum atomic E-state index is -0.0989. The first-order valence-electron chi connectivity index (χ1n) is 14.7. The minimum absolute atomic E-state index is 0.0989. The predicted octanol–water partition coefficient (Wildman–Crippen LogP) is 7.74. The number of carbonyl (C=O) groups is 1. The highest BCUT2D eigenvalue weighted by Crippen LogP contribution is 2.28. The molecule has 0 atom stereocenters. The van der Waals surface area contributed by atoms with Gasteiger partial charge in [-0.05, 0) is 98.7 Å². The molecular weight excluding hydrogens is 512 g/mol. The van der Waals surface area contributed by atoms with Crippen molar-refractivity contribution in [2.75, 3.05) is 31.6 Å². The van der Waals surface area contributed by atoms with Gasteiger partial charge in [-0.2, -0.15) is 0 Å². The van der Waals surface area contributed by atoms with Crippen molar-refractivity contribution >= 4 is 11.6 Å². The van der Waals surface area contributed by atoms with E-state index in [1.165, 1.54) is 6.92 Å². The van der Waals surface area contributed by atoms with E-state index >= 15 is 0 Å². The van der Waals surface area contributed by atoms with Gasteiger partial charge in [-0.25, -0.2) is 4.98 Å². The normalized spacial score (nSPS) is 11.0. The Morgan fingerprint density at radius 1 is 0.854 bits per heavy atom. The number of benzene rings is 3. The SMILES string of the molecule is CCCCc1nc(-c2ccc(OCCCN(CC)CC)cc2)cn1-c1ccc(Oc2ccc(NC(C)=O)cc2)cc1. The summed E-state index contributed by atoms with van der Waals surface area (Å²) in [7, 11) is 0. The number of aromatic nitrogens is 2. The largest absolute Gasteiger partial charge is 0.494 e. The number of amides is 1. The van der Waals surface area contributed by atoms with Crippen molar-refractivity contribution in [2.24, 2.45) is 0 Å². The molecule has 4 aromatic rings. The number of anilines is 1. The molecule has 7 nitrogen and oxygen atoms in total. The van der Waals surface area contributed by atoms with Gasteiger partial charge >= 0.3 is 0 Å². The molecule has 216 valence electrons. The van der Waals surface area contributed by atoms with Gasteiger partial charge in [0.2, 0.25) is 5.91 Å². The number of hydrogen-bond acceptors (Lipinski definition) is 5. The van der Waals surface area contributed by atoms with E-state index in [0.29, 0.717) is 12.4 Å². The smallest absolute Gasteiger partial charge is 0.221 e. The molecule has 0 aliphatic heterocycles. The van der Waals surface area contributed by atoms with E-state index in [0.717, 1.165) is 85.3 Å². The summed E-state index contributed by atoms with van der Waals surface area (Å²) < 4.78 is 14.2. The van der Waals surface area contributed by atoms with Crippen LogP contribution in [0.25, 0.3) is 16.9 Å². The van der Waals surface area contributed by atoms with Gasteiger partial charge < -0.3 is 24.3 Å². The number of nitrogens with one attached hydrogen (secondary N) is 1. The molecule has 0 saturated heterocycles. The number of aryl methyl sites for hydroxylation is 1. The van der Waals surface area contributed by atoms with Crippen LogP contribution in [0.1, 0.15) is 52.8 Å². The first-order chi connectivity index (χ1) is 20.0. The van der Waals surface area contributed by atoms with Gasteiger partial charge in [-0.3, -0.25) is 4.79 Å². The summed E-state index contributed by atoms with van der Waals surface area (Å²) in [6, 6.07) is 23.6. The van der Waals surface area contributed by atoms with Gasteiger partial charge in [0.15, 0.2) is 0 Å². The fourth-order valence-electron chi connectivity index (χ4n) is 4.65. The van der Waals surface area contributed by atoms with Crippen molar-refractivity contribution in [3.63, 3.8) is 0 Å². The highest BCUT2D eigenvalue weighted by atomic mass is 16.5. The summed E-state index contributed by atoms with van der Waals surface area (Å²) in [6.07, 6.45) is 6.22. The number of unbranched alkanes of at least 4 members (excludes halogenated alkanes) is 1. The number of nitrogens with zero attached hydrogens (tertiary/aromatic N) is 3. The second-order valence-corrected chi connectivity index (χ2v) is 10.1. The first kappa shape index (κ1) is 29.9. The molecule has 1 amide bonds. The molecule has 0 radical (unpaired) electrons. The molecule has 41 heavy (non-hydrogen) atoms. The Balaban J connectivity index is 1.43. The van der Waals surface area contributed by atoms with Crippen LogP contribution < -0.4 is 14.8 Å². The van der Waals surface area contributed by atoms with Crippen LogP contribution in [-0.4, -0.2) is 46.6 Å². The van der Waals surface area contributed by atoms with E-state index in [2.05, 4.69) is 66.0 Å². The fourth-order valence-corrected chi connectivity index (χ4v) is 4.65. The van der Waals surface area contributed by atoms with Gasteiger partial charge in [0, 0.05) is 43.0 Å². The van der Waals surface area contributed by atoms with Crippen LogP contribution in [0.2, 0.25) is 0 Å². The molecule has 0 saturated carbocycles. The van der Waals surface area contributed by atoms with Gasteiger partial charge in [-0.1, -0.05) is 27.2 Å². The van der Waals surface area contributed by atoms with Crippen molar-refractivity contribution in [3.05, 3.63) is 84.8 Å². The van der Waals surface area contributed by atoms with Crippen molar-refractivity contribution in [1.82, 2.24) is 14.5 Å². The number of ether oxygens (including phenoxy) is 2. The highest BCUT2D eigenvalue weighted by molar-refractivity contribution is 5.88. The molecule has 0 bridgehead atoms. The van der Waals surface area contributed by atoms with Crippen molar-refractivity contribution < 1.29 is 14.3 Å². The van der Waals surface area contributed by atoms with E-state index < -0.39 is 0 Å². The van der Waals surface area contributed by atoms with Crippen LogP contribution in [0.4, 0.5) is 5.69 Å². The molecule has 3 aromatic carbocycles. The molecule has 0 aliphatic carbocycles. The molecular formula is C34H42N4O3. The molecule has 0 aliphatic rings. The highest BCUT2D eigenvalue weighted by Gasteiger charge is 2.12. The van der Waals surface area contributed by atoms with Gasteiger partial charge in [0.1, 0.15) is 23.1 Å². The van der Waals surface area contributed by atoms with Crippen LogP contribution in [-0.2, 0) is 11.2 Å². The summed E-state index contributed by atoms with van der Waals surface area (Å²) in [5, 5.41) is 2.76. The lowest BCUT2D eigenvalue weighted by atomic mass is 10.1. The monoisotopic (exact) mass is 554 g/mol. The standard InChI is InChI=1S/C34H42N4O3/c1-5-8-10-34-36-33(27-11-17-30(18-12-27)40-24-9-23-37(6-2)7-3)25-38(34)29-15-21-32(22-16-29)41-31-19-13-28(14-20-31)35-26(4)39/h11-22,25H,5-10,23-24H2,1-4H3,(H,35,39). The number of hydrogen-bond donors (Lipinski definition) is 1. The van der Waals surface area contributed by atoms with E-state index in [1.807, 2.05) is 48.5 Å². The Kier molecular flexibility index (Phi) is 11.0. The van der Waals surface area contributed by atoms with Crippen LogP contribution in [0.3, 0.4) is 0 Å². The van der Waals surface area contributed by atoms with Crippen LogP contribution in [0.5, 0.6) is 17.2 Å². The maximum absolute atomic E-state index is 11.2. The Labute approximate surface area is 244 Å². The Hall–Kier alpha value is -4.10. The molecule has 0 spiro atoms. The van der Waals surface area contributed by atoms with E-state index in [4.69, 9.17) is 14.5 Å². The van der Waals surface area contributed by atoms with E-state index in [1.54, 1.807) is 0 Å². The van der Waals surface area contributed by atoms with Gasteiger partial charge in [-0.15, -0.1) is 0 Å². The molecule has 1 aromatic heterocycles. The Morgan fingerprint density at radius 2 is 1.49 bits per heavy atom. The molecule has 7 heteroatoms. The van der Waals surface area contributed by atoms with Crippen molar-refractivity contribution in [2.45, 2.75) is 53.4 Å². The van der Waals surface area contributed by atoms with E-state index in [-0.39, 0.29) is 5.91 Å². The lowest BCUT2D eigenvalue weighted by Gasteiger charge is -2.17. The van der Waals surface area contributed by atoms with E-state index in [9.17, 15) is 4.79 Å². The summed E-state index contributed by atoms with van der Waals surface area (Å²) in [5.74, 6) is 3.28. The van der Waals surface area contributed by atoms with Crippen LogP contribution >= 0.6 is 0 Å². The number of rotatable bonds is 15. The maximum Gasteiger partial charge on any atom is 0.221 e. The first-order valence-corrected chi connectivity index (χ1v) is 14.7. The second kappa shape index (κ2) is 15.1. The summed E-state index contributed by atoms with van der Waals surface area (Å²) in [4.78, 5) is 18.7. The third-order valence-electron chi connectivity index (χ3n) is 6.99. The molecule has 4 rings (SSSR count). The zero-order valence-corrected chi connectivity index (χ0v) is 24.7. The molecule has 0 fully saturated rings. The van der Waals surface area contributed by atoms with Gasteiger partial charge in [0.25, 0.3) is 0 Å². The Morgan fingerprint density at radius 3 is 2.10 bits per heavy atom. The Bertz CT molecular complexity index is 1360. The molecule has 1 N–H and O–H groups in total. The third kappa shape index (κ3) is 8.69. The zero-order chi connectivity index (χ0) is 29.0. The lowest BCUT2D eigenvalue weighted by molar-refractivity contribution is -0.114. The predicted molar refractivity (Wildman–Crippen MR) is 166 cm³/mol. The number of imidazole rings is 1.